The van der Waals surface area contributed by atoms with E-state index in [1.807, 2.05) is 13.8 Å². The molecule has 7 nitrogen and oxygen atoms in total. The van der Waals surface area contributed by atoms with Crippen molar-refractivity contribution in [1.29, 1.82) is 0 Å². The van der Waals surface area contributed by atoms with E-state index in [-0.39, 0.29) is 11.0 Å². The van der Waals surface area contributed by atoms with Gasteiger partial charge in [-0.25, -0.2) is 0 Å². The number of ether oxygens (including phenoxy) is 3. The van der Waals surface area contributed by atoms with Gasteiger partial charge in [0.15, 0.2) is 11.5 Å². The van der Waals surface area contributed by atoms with Crippen LogP contribution in [0, 0.1) is 5.92 Å². The van der Waals surface area contributed by atoms with E-state index >= 15 is 0 Å². The van der Waals surface area contributed by atoms with Gasteiger partial charge in [0.2, 0.25) is 0 Å². The number of thioether (sulfide) groups is 1. The van der Waals surface area contributed by atoms with Gasteiger partial charge in [-0.2, -0.15) is 0 Å². The molecular formula is C20H25NO6S. The van der Waals surface area contributed by atoms with Crippen molar-refractivity contribution >= 4 is 35.0 Å². The first-order valence-electron chi connectivity index (χ1n) is 8.97. The predicted molar refractivity (Wildman–Crippen MR) is 107 cm³/mol. The molecule has 0 aromatic heterocycles. The van der Waals surface area contributed by atoms with Crippen molar-refractivity contribution in [3.8, 4) is 11.5 Å². The number of hydrogen-bond donors (Lipinski definition) is 0. The molecule has 152 valence electrons. The molecule has 0 atom stereocenters. The molecule has 28 heavy (non-hydrogen) atoms. The summed E-state index contributed by atoms with van der Waals surface area (Å²) in [5, 5.41) is -0.499. The van der Waals surface area contributed by atoms with Crippen LogP contribution in [0.5, 0.6) is 11.5 Å². The second-order valence-electron chi connectivity index (χ2n) is 6.92. The van der Waals surface area contributed by atoms with Gasteiger partial charge in [0.25, 0.3) is 11.1 Å². The van der Waals surface area contributed by atoms with E-state index < -0.39 is 23.7 Å². The molecule has 1 fully saturated rings. The van der Waals surface area contributed by atoms with Crippen molar-refractivity contribution in [1.82, 2.24) is 4.90 Å². The van der Waals surface area contributed by atoms with E-state index in [0.29, 0.717) is 29.6 Å². The average Bonchev–Trinajstić information content (AvgIpc) is 2.87. The number of rotatable bonds is 8. The van der Waals surface area contributed by atoms with Crippen LogP contribution in [0.15, 0.2) is 23.1 Å². The number of carbonyl (C=O) groups excluding carboxylic acids is 3. The minimum atomic E-state index is -0.619. The SMILES string of the molecule is COc1cc(/C=C2\SC(=O)N(CC(=O)OC(C)C)C2=O)ccc1OCC(C)C. The van der Waals surface area contributed by atoms with Crippen LogP contribution in [0.25, 0.3) is 6.08 Å². The lowest BCUT2D eigenvalue weighted by molar-refractivity contribution is -0.149. The summed E-state index contributed by atoms with van der Waals surface area (Å²) in [4.78, 5) is 37.5. The first-order chi connectivity index (χ1) is 13.2. The Morgan fingerprint density at radius 1 is 1.18 bits per heavy atom. The largest absolute Gasteiger partial charge is 0.493 e. The molecule has 1 saturated heterocycles. The molecule has 0 aliphatic carbocycles. The maximum atomic E-state index is 12.5. The number of hydrogen-bond acceptors (Lipinski definition) is 7. The Balaban J connectivity index is 2.15. The fraction of sp³-hybridized carbons (Fsp3) is 0.450. The van der Waals surface area contributed by atoms with Crippen molar-refractivity contribution in [3.63, 3.8) is 0 Å². The molecule has 0 radical (unpaired) electrons. The van der Waals surface area contributed by atoms with Crippen LogP contribution in [-0.2, 0) is 14.3 Å². The second kappa shape index (κ2) is 9.64. The number of methoxy groups -OCH3 is 1. The zero-order valence-electron chi connectivity index (χ0n) is 16.7. The van der Waals surface area contributed by atoms with E-state index in [1.54, 1.807) is 38.1 Å². The van der Waals surface area contributed by atoms with E-state index in [4.69, 9.17) is 14.2 Å². The molecule has 0 spiro atoms. The maximum absolute atomic E-state index is 12.5. The molecule has 0 bridgehead atoms. The molecule has 1 aliphatic rings. The Labute approximate surface area is 169 Å². The lowest BCUT2D eigenvalue weighted by atomic mass is 10.1. The minimum Gasteiger partial charge on any atom is -0.493 e. The lowest BCUT2D eigenvalue weighted by Crippen LogP contribution is -2.35. The fourth-order valence-electron chi connectivity index (χ4n) is 2.37. The summed E-state index contributed by atoms with van der Waals surface area (Å²) in [6.07, 6.45) is 1.28. The number of benzene rings is 1. The third-order valence-corrected chi connectivity index (χ3v) is 4.49. The zero-order valence-corrected chi connectivity index (χ0v) is 17.5. The van der Waals surface area contributed by atoms with Crippen molar-refractivity contribution in [3.05, 3.63) is 28.7 Å². The van der Waals surface area contributed by atoms with Crippen molar-refractivity contribution < 1.29 is 28.6 Å². The van der Waals surface area contributed by atoms with Gasteiger partial charge in [0, 0.05) is 0 Å². The highest BCUT2D eigenvalue weighted by Gasteiger charge is 2.36. The monoisotopic (exact) mass is 407 g/mol. The normalized spacial score (nSPS) is 15.7. The summed E-state index contributed by atoms with van der Waals surface area (Å²) in [5.41, 5.74) is 0.684. The molecule has 1 aromatic rings. The van der Waals surface area contributed by atoms with Crippen molar-refractivity contribution in [2.24, 2.45) is 5.92 Å². The Hall–Kier alpha value is -2.48. The topological polar surface area (TPSA) is 82.1 Å². The summed E-state index contributed by atoms with van der Waals surface area (Å²) in [5.74, 6) is 0.382. The van der Waals surface area contributed by atoms with E-state index in [1.165, 1.54) is 7.11 Å². The first-order valence-corrected chi connectivity index (χ1v) is 9.78. The summed E-state index contributed by atoms with van der Waals surface area (Å²) in [6, 6.07) is 5.27. The summed E-state index contributed by atoms with van der Waals surface area (Å²) in [6.45, 7) is 7.66. The van der Waals surface area contributed by atoms with Crippen LogP contribution in [0.1, 0.15) is 33.3 Å². The second-order valence-corrected chi connectivity index (χ2v) is 7.91. The van der Waals surface area contributed by atoms with Crippen LogP contribution in [-0.4, -0.2) is 48.4 Å². The summed E-state index contributed by atoms with van der Waals surface area (Å²) >= 11 is 0.788. The molecule has 0 N–H and O–H groups in total. The molecule has 0 saturated carbocycles. The summed E-state index contributed by atoms with van der Waals surface area (Å²) in [7, 11) is 1.54. The average molecular weight is 407 g/mol. The van der Waals surface area contributed by atoms with E-state index in [2.05, 4.69) is 0 Å². The van der Waals surface area contributed by atoms with Crippen molar-refractivity contribution in [2.45, 2.75) is 33.8 Å². The smallest absolute Gasteiger partial charge is 0.326 e. The third-order valence-electron chi connectivity index (χ3n) is 3.59. The molecule has 2 amide bonds. The molecule has 1 aliphatic heterocycles. The highest BCUT2D eigenvalue weighted by Crippen LogP contribution is 2.34. The van der Waals surface area contributed by atoms with Crippen LogP contribution in [0.2, 0.25) is 0 Å². The molecule has 0 unspecified atom stereocenters. The molecule has 8 heteroatoms. The molecule has 2 rings (SSSR count). The van der Waals surface area contributed by atoms with Crippen LogP contribution in [0.3, 0.4) is 0 Å². The number of nitrogens with zero attached hydrogens (tertiary/aromatic N) is 1. The van der Waals surface area contributed by atoms with Crippen LogP contribution in [0.4, 0.5) is 4.79 Å². The zero-order chi connectivity index (χ0) is 20.8. The minimum absolute atomic E-state index is 0.236. The third kappa shape index (κ3) is 5.76. The Bertz CT molecular complexity index is 787. The van der Waals surface area contributed by atoms with Crippen molar-refractivity contribution in [2.75, 3.05) is 20.3 Å². The summed E-state index contributed by atoms with van der Waals surface area (Å²) < 4.78 is 16.1. The van der Waals surface area contributed by atoms with E-state index in [9.17, 15) is 14.4 Å². The Morgan fingerprint density at radius 2 is 1.89 bits per heavy atom. The maximum Gasteiger partial charge on any atom is 0.326 e. The number of carbonyl (C=O) groups is 3. The number of esters is 1. The highest BCUT2D eigenvalue weighted by molar-refractivity contribution is 8.18. The van der Waals surface area contributed by atoms with Gasteiger partial charge in [0.05, 0.1) is 24.7 Å². The molecular weight excluding hydrogens is 382 g/mol. The van der Waals surface area contributed by atoms with Gasteiger partial charge in [-0.3, -0.25) is 19.3 Å². The van der Waals surface area contributed by atoms with Gasteiger partial charge >= 0.3 is 5.97 Å². The fourth-order valence-corrected chi connectivity index (χ4v) is 3.20. The van der Waals surface area contributed by atoms with Gasteiger partial charge < -0.3 is 14.2 Å². The Morgan fingerprint density at radius 3 is 2.50 bits per heavy atom. The van der Waals surface area contributed by atoms with Crippen LogP contribution >= 0.6 is 11.8 Å². The standard InChI is InChI=1S/C20H25NO6S/c1-12(2)11-26-15-7-6-14(8-16(15)25-5)9-17-19(23)21(20(24)28-17)10-18(22)27-13(3)4/h6-9,12-13H,10-11H2,1-5H3/b17-9-. The van der Waals surface area contributed by atoms with Crippen LogP contribution < -0.4 is 9.47 Å². The quantitative estimate of drug-likeness (QED) is 0.480. The van der Waals surface area contributed by atoms with Gasteiger partial charge in [0.1, 0.15) is 6.54 Å². The van der Waals surface area contributed by atoms with E-state index in [0.717, 1.165) is 16.7 Å². The highest BCUT2D eigenvalue weighted by atomic mass is 32.2. The first kappa shape index (κ1) is 21.8. The molecule has 1 aromatic carbocycles. The van der Waals surface area contributed by atoms with Gasteiger partial charge in [-0.15, -0.1) is 0 Å². The molecule has 1 heterocycles. The lowest BCUT2D eigenvalue weighted by Gasteiger charge is -2.13. The van der Waals surface area contributed by atoms with Gasteiger partial charge in [-0.1, -0.05) is 19.9 Å². The van der Waals surface area contributed by atoms with Gasteiger partial charge in [-0.05, 0) is 55.3 Å². The number of imide groups is 1. The Kier molecular flexibility index (Phi) is 7.51. The predicted octanol–water partition coefficient (Wildman–Crippen LogP) is 3.72. The number of amides is 2.